The lowest BCUT2D eigenvalue weighted by atomic mass is 10.1. The van der Waals surface area contributed by atoms with Gasteiger partial charge in [-0.25, -0.2) is 17.5 Å². The Kier molecular flexibility index (Phi) is 7.12. The Balaban J connectivity index is 1.68. The van der Waals surface area contributed by atoms with Gasteiger partial charge in [-0.2, -0.15) is 0 Å². The van der Waals surface area contributed by atoms with Gasteiger partial charge in [0.15, 0.2) is 0 Å². The van der Waals surface area contributed by atoms with Crippen molar-refractivity contribution < 1.29 is 22.7 Å². The van der Waals surface area contributed by atoms with Gasteiger partial charge >= 0.3 is 5.97 Å². The summed E-state index contributed by atoms with van der Waals surface area (Å²) in [7, 11) is -3.34. The molecule has 160 valence electrons. The molecule has 0 bridgehead atoms. The van der Waals surface area contributed by atoms with Crippen molar-refractivity contribution in [2.45, 2.75) is 25.5 Å². The molecule has 0 spiro atoms. The van der Waals surface area contributed by atoms with Crippen molar-refractivity contribution in [3.8, 4) is 0 Å². The van der Waals surface area contributed by atoms with Crippen LogP contribution in [0.3, 0.4) is 0 Å². The van der Waals surface area contributed by atoms with E-state index < -0.39 is 16.0 Å². The van der Waals surface area contributed by atoms with Gasteiger partial charge in [-0.1, -0.05) is 23.7 Å². The van der Waals surface area contributed by atoms with Gasteiger partial charge in [0.25, 0.3) is 5.91 Å². The number of benzene rings is 2. The highest BCUT2D eigenvalue weighted by molar-refractivity contribution is 7.88. The summed E-state index contributed by atoms with van der Waals surface area (Å²) in [5.74, 6) is -1.04. The smallest absolute Gasteiger partial charge is 0.339 e. The number of carbonyl (C=O) groups excluding carboxylic acids is 2. The first-order valence-electron chi connectivity index (χ1n) is 9.65. The van der Waals surface area contributed by atoms with Crippen molar-refractivity contribution in [2.75, 3.05) is 25.0 Å². The molecule has 9 heteroatoms. The Morgan fingerprint density at radius 3 is 2.40 bits per heavy atom. The third kappa shape index (κ3) is 5.38. The zero-order valence-corrected chi connectivity index (χ0v) is 18.1. The second-order valence-corrected chi connectivity index (χ2v) is 9.30. The summed E-state index contributed by atoms with van der Waals surface area (Å²) >= 11 is 6.03. The van der Waals surface area contributed by atoms with Crippen molar-refractivity contribution in [3.63, 3.8) is 0 Å². The molecule has 0 radical (unpaired) electrons. The molecule has 0 unspecified atom stereocenters. The lowest BCUT2D eigenvalue weighted by Crippen LogP contribution is -2.29. The van der Waals surface area contributed by atoms with E-state index in [0.717, 1.165) is 12.8 Å². The Labute approximate surface area is 181 Å². The van der Waals surface area contributed by atoms with Crippen LogP contribution < -0.4 is 5.32 Å². The maximum absolute atomic E-state index is 12.5. The Hall–Kier alpha value is -2.42. The number of nitrogens with one attached hydrogen (secondary N) is 1. The summed E-state index contributed by atoms with van der Waals surface area (Å²) in [6, 6.07) is 11.0. The van der Waals surface area contributed by atoms with Crippen molar-refractivity contribution in [2.24, 2.45) is 0 Å². The summed E-state index contributed by atoms with van der Waals surface area (Å²) in [4.78, 5) is 24.5. The number of nitrogens with zero attached hydrogens (tertiary/aromatic N) is 1. The molecule has 1 heterocycles. The molecule has 1 fully saturated rings. The summed E-state index contributed by atoms with van der Waals surface area (Å²) in [5.41, 5.74) is 1.55. The highest BCUT2D eigenvalue weighted by Gasteiger charge is 2.25. The van der Waals surface area contributed by atoms with Crippen LogP contribution in [0.5, 0.6) is 0 Å². The standard InChI is InChI=1S/C21H23ClN2O5S/c1-2-29-21(26)18-13-17(9-10-19(18)22)23-20(25)16-7-5-15(6-8-16)14-30(27,28)24-11-3-4-12-24/h5-10,13H,2-4,11-12,14H2,1H3,(H,23,25). The summed E-state index contributed by atoms with van der Waals surface area (Å²) in [5, 5.41) is 2.93. The second kappa shape index (κ2) is 9.59. The largest absolute Gasteiger partial charge is 0.462 e. The molecule has 3 rings (SSSR count). The van der Waals surface area contributed by atoms with Crippen LogP contribution in [-0.4, -0.2) is 44.3 Å². The quantitative estimate of drug-likeness (QED) is 0.649. The predicted molar refractivity (Wildman–Crippen MR) is 115 cm³/mol. The molecule has 0 saturated carbocycles. The lowest BCUT2D eigenvalue weighted by molar-refractivity contribution is 0.0526. The average molecular weight is 451 g/mol. The van der Waals surface area contributed by atoms with Gasteiger partial charge < -0.3 is 10.1 Å². The van der Waals surface area contributed by atoms with Gasteiger partial charge in [0.2, 0.25) is 10.0 Å². The minimum atomic E-state index is -3.34. The number of carbonyl (C=O) groups is 2. The van der Waals surface area contributed by atoms with Crippen LogP contribution in [0.2, 0.25) is 5.02 Å². The van der Waals surface area contributed by atoms with Gasteiger partial charge in [0, 0.05) is 24.3 Å². The minimum absolute atomic E-state index is 0.0883. The Bertz CT molecular complexity index is 1030. The van der Waals surface area contributed by atoms with E-state index >= 15 is 0 Å². The average Bonchev–Trinajstić information content (AvgIpc) is 3.26. The molecule has 1 aliphatic heterocycles. The number of sulfonamides is 1. The molecule has 0 atom stereocenters. The first-order valence-corrected chi connectivity index (χ1v) is 11.6. The number of hydrogen-bond donors (Lipinski definition) is 1. The number of esters is 1. The molecular weight excluding hydrogens is 428 g/mol. The van der Waals surface area contributed by atoms with Gasteiger partial charge in [0.1, 0.15) is 0 Å². The van der Waals surface area contributed by atoms with Crippen LogP contribution in [0.25, 0.3) is 0 Å². The molecule has 1 saturated heterocycles. The number of ether oxygens (including phenoxy) is 1. The van der Waals surface area contributed by atoms with E-state index in [0.29, 0.717) is 29.9 Å². The molecule has 30 heavy (non-hydrogen) atoms. The first-order chi connectivity index (χ1) is 14.3. The van der Waals surface area contributed by atoms with Crippen LogP contribution in [0.4, 0.5) is 5.69 Å². The van der Waals surface area contributed by atoms with Crippen molar-refractivity contribution >= 4 is 39.2 Å². The van der Waals surface area contributed by atoms with E-state index in [4.69, 9.17) is 16.3 Å². The van der Waals surface area contributed by atoms with Crippen LogP contribution in [0.15, 0.2) is 42.5 Å². The van der Waals surface area contributed by atoms with E-state index in [1.807, 2.05) is 0 Å². The lowest BCUT2D eigenvalue weighted by Gasteiger charge is -2.15. The van der Waals surface area contributed by atoms with E-state index in [1.54, 1.807) is 37.3 Å². The molecular formula is C21H23ClN2O5S. The number of anilines is 1. The van der Waals surface area contributed by atoms with Crippen LogP contribution in [-0.2, 0) is 20.5 Å². The molecule has 2 aromatic rings. The molecule has 1 N–H and O–H groups in total. The predicted octanol–water partition coefficient (Wildman–Crippen LogP) is 3.69. The number of amides is 1. The summed E-state index contributed by atoms with van der Waals surface area (Å²) in [6.07, 6.45) is 1.78. The Morgan fingerprint density at radius 1 is 1.10 bits per heavy atom. The topological polar surface area (TPSA) is 92.8 Å². The van der Waals surface area contributed by atoms with Crippen molar-refractivity contribution in [3.05, 3.63) is 64.2 Å². The molecule has 1 amide bonds. The van der Waals surface area contributed by atoms with Crippen LogP contribution >= 0.6 is 11.6 Å². The molecule has 0 aromatic heterocycles. The number of hydrogen-bond acceptors (Lipinski definition) is 5. The zero-order valence-electron chi connectivity index (χ0n) is 16.6. The maximum Gasteiger partial charge on any atom is 0.339 e. The number of halogens is 1. The monoisotopic (exact) mass is 450 g/mol. The second-order valence-electron chi connectivity index (χ2n) is 6.93. The molecule has 0 aliphatic carbocycles. The third-order valence-electron chi connectivity index (χ3n) is 4.74. The SMILES string of the molecule is CCOC(=O)c1cc(NC(=O)c2ccc(CS(=O)(=O)N3CCCC3)cc2)ccc1Cl. The molecule has 1 aliphatic rings. The van der Waals surface area contributed by atoms with E-state index in [9.17, 15) is 18.0 Å². The van der Waals surface area contributed by atoms with Crippen LogP contribution in [0, 0.1) is 0 Å². The van der Waals surface area contributed by atoms with E-state index in [1.165, 1.54) is 16.4 Å². The van der Waals surface area contributed by atoms with Gasteiger partial charge in [0.05, 0.1) is 22.9 Å². The van der Waals surface area contributed by atoms with Crippen molar-refractivity contribution in [1.29, 1.82) is 0 Å². The maximum atomic E-state index is 12.5. The molecule has 2 aromatic carbocycles. The summed E-state index contributed by atoms with van der Waals surface area (Å²) in [6.45, 7) is 3.04. The highest BCUT2D eigenvalue weighted by atomic mass is 35.5. The zero-order chi connectivity index (χ0) is 21.7. The van der Waals surface area contributed by atoms with Gasteiger partial charge in [-0.05, 0) is 55.7 Å². The van der Waals surface area contributed by atoms with Gasteiger partial charge in [-0.15, -0.1) is 0 Å². The first kappa shape index (κ1) is 22.3. The fraction of sp³-hybridized carbons (Fsp3) is 0.333. The fourth-order valence-corrected chi connectivity index (χ4v) is 5.00. The van der Waals surface area contributed by atoms with Gasteiger partial charge in [-0.3, -0.25) is 4.79 Å². The van der Waals surface area contributed by atoms with E-state index in [-0.39, 0.29) is 28.9 Å². The van der Waals surface area contributed by atoms with Crippen molar-refractivity contribution in [1.82, 2.24) is 4.31 Å². The highest BCUT2D eigenvalue weighted by Crippen LogP contribution is 2.22. The summed E-state index contributed by atoms with van der Waals surface area (Å²) < 4.78 is 31.3. The van der Waals surface area contributed by atoms with Crippen LogP contribution in [0.1, 0.15) is 46.0 Å². The minimum Gasteiger partial charge on any atom is -0.462 e. The third-order valence-corrected chi connectivity index (χ3v) is 6.92. The normalized spacial score (nSPS) is 14.5. The number of rotatable bonds is 7. The van der Waals surface area contributed by atoms with E-state index in [2.05, 4.69) is 5.32 Å². The molecule has 7 nitrogen and oxygen atoms in total. The Morgan fingerprint density at radius 2 is 1.77 bits per heavy atom. The fourth-order valence-electron chi connectivity index (χ4n) is 3.19.